The van der Waals surface area contributed by atoms with E-state index in [0.717, 1.165) is 11.3 Å². The van der Waals surface area contributed by atoms with Gasteiger partial charge in [0.25, 0.3) is 11.5 Å². The van der Waals surface area contributed by atoms with Crippen molar-refractivity contribution in [2.45, 2.75) is 19.4 Å². The molecule has 2 amide bonds. The van der Waals surface area contributed by atoms with Gasteiger partial charge in [0.1, 0.15) is 5.82 Å². The molecule has 0 bridgehead atoms. The summed E-state index contributed by atoms with van der Waals surface area (Å²) in [6.45, 7) is 0.848. The molecule has 0 unspecified atom stereocenters. The normalized spacial score (nSPS) is 13.0. The lowest BCUT2D eigenvalue weighted by Gasteiger charge is -2.23. The summed E-state index contributed by atoms with van der Waals surface area (Å²) in [5.74, 6) is 0.200. The van der Waals surface area contributed by atoms with Crippen LogP contribution < -0.4 is 10.9 Å². The Balaban J connectivity index is 1.62. The summed E-state index contributed by atoms with van der Waals surface area (Å²) in [5, 5.41) is 3.33. The van der Waals surface area contributed by atoms with Crippen molar-refractivity contribution < 1.29 is 14.3 Å². The number of fused-ring (bicyclic) bond motifs is 2. The Labute approximate surface area is 172 Å². The van der Waals surface area contributed by atoms with Gasteiger partial charge in [0, 0.05) is 31.3 Å². The number of para-hydroxylation sites is 1. The molecule has 30 heavy (non-hydrogen) atoms. The molecular formula is C22H22N4O4. The lowest BCUT2D eigenvalue weighted by Crippen LogP contribution is -2.35. The number of aromatic nitrogens is 2. The van der Waals surface area contributed by atoms with E-state index < -0.39 is 0 Å². The fourth-order valence-electron chi connectivity index (χ4n) is 3.54. The highest BCUT2D eigenvalue weighted by Gasteiger charge is 2.21. The zero-order valence-electron chi connectivity index (χ0n) is 16.6. The maximum atomic E-state index is 13.2. The summed E-state index contributed by atoms with van der Waals surface area (Å²) >= 11 is 0. The van der Waals surface area contributed by atoms with Crippen LogP contribution in [-0.4, -0.2) is 46.9 Å². The van der Waals surface area contributed by atoms with Gasteiger partial charge in [-0.05, 0) is 42.3 Å². The topological polar surface area (TPSA) is 104 Å². The van der Waals surface area contributed by atoms with Gasteiger partial charge in [-0.25, -0.2) is 4.98 Å². The molecular weight excluding hydrogens is 384 g/mol. The van der Waals surface area contributed by atoms with Crippen LogP contribution in [0.2, 0.25) is 0 Å². The molecule has 2 aromatic carbocycles. The highest BCUT2D eigenvalue weighted by Crippen LogP contribution is 2.24. The molecule has 3 aromatic rings. The van der Waals surface area contributed by atoms with Crippen molar-refractivity contribution in [2.75, 3.05) is 25.6 Å². The number of ether oxygens (including phenoxy) is 1. The van der Waals surface area contributed by atoms with Gasteiger partial charge in [0.2, 0.25) is 5.91 Å². The Bertz CT molecular complexity index is 1170. The summed E-state index contributed by atoms with van der Waals surface area (Å²) in [4.78, 5) is 46.0. The number of anilines is 1. The van der Waals surface area contributed by atoms with Crippen molar-refractivity contribution in [3.05, 3.63) is 69.8 Å². The fourth-order valence-corrected chi connectivity index (χ4v) is 3.54. The van der Waals surface area contributed by atoms with Crippen LogP contribution in [0.5, 0.6) is 0 Å². The second-order valence-corrected chi connectivity index (χ2v) is 7.17. The van der Waals surface area contributed by atoms with Crippen LogP contribution in [0.3, 0.4) is 0 Å². The lowest BCUT2D eigenvalue weighted by molar-refractivity contribution is -0.116. The standard InChI is InChI=1S/C22H22N4O4/c1-30-11-10-26(13-19-23-18-5-3-2-4-16(18)21(28)25-19)22(29)15-6-8-17-14(12-15)7-9-20(27)24-17/h2-6,8,12H,7,9-11,13H2,1H3,(H,24,27)(H,23,25,28). The van der Waals surface area contributed by atoms with E-state index in [1.165, 1.54) is 0 Å². The first-order valence-corrected chi connectivity index (χ1v) is 9.74. The number of hydrogen-bond donors (Lipinski definition) is 2. The molecule has 0 spiro atoms. The van der Waals surface area contributed by atoms with Crippen molar-refractivity contribution in [3.63, 3.8) is 0 Å². The van der Waals surface area contributed by atoms with Crippen LogP contribution in [0.1, 0.15) is 28.2 Å². The molecule has 154 valence electrons. The van der Waals surface area contributed by atoms with Crippen molar-refractivity contribution >= 4 is 28.4 Å². The highest BCUT2D eigenvalue weighted by molar-refractivity contribution is 5.98. The lowest BCUT2D eigenvalue weighted by atomic mass is 10.00. The molecule has 8 heteroatoms. The van der Waals surface area contributed by atoms with Crippen molar-refractivity contribution in [1.29, 1.82) is 0 Å². The molecule has 1 aliphatic rings. The first-order valence-electron chi connectivity index (χ1n) is 9.74. The minimum atomic E-state index is -0.237. The molecule has 0 radical (unpaired) electrons. The number of hydrogen-bond acceptors (Lipinski definition) is 5. The summed E-state index contributed by atoms with van der Waals surface area (Å²) in [5.41, 5.74) is 2.54. The summed E-state index contributed by atoms with van der Waals surface area (Å²) in [7, 11) is 1.57. The zero-order chi connectivity index (χ0) is 21.1. The number of H-pyrrole nitrogens is 1. The minimum absolute atomic E-state index is 0.0189. The van der Waals surface area contributed by atoms with E-state index in [4.69, 9.17) is 4.74 Å². The first kappa shape index (κ1) is 19.8. The van der Waals surface area contributed by atoms with Gasteiger partial charge in [-0.15, -0.1) is 0 Å². The van der Waals surface area contributed by atoms with Crippen LogP contribution >= 0.6 is 0 Å². The average Bonchev–Trinajstić information content (AvgIpc) is 2.76. The van der Waals surface area contributed by atoms with Crippen LogP contribution in [0.4, 0.5) is 5.69 Å². The molecule has 0 saturated heterocycles. The van der Waals surface area contributed by atoms with E-state index in [2.05, 4.69) is 15.3 Å². The number of carbonyl (C=O) groups excluding carboxylic acids is 2. The summed E-state index contributed by atoms with van der Waals surface area (Å²) in [6.07, 6.45) is 1.00. The highest BCUT2D eigenvalue weighted by atomic mass is 16.5. The number of aryl methyl sites for hydroxylation is 1. The Morgan fingerprint density at radius 3 is 2.83 bits per heavy atom. The van der Waals surface area contributed by atoms with Crippen LogP contribution in [0.15, 0.2) is 47.3 Å². The minimum Gasteiger partial charge on any atom is -0.383 e. The average molecular weight is 406 g/mol. The molecule has 0 atom stereocenters. The summed E-state index contributed by atoms with van der Waals surface area (Å²) < 4.78 is 5.16. The summed E-state index contributed by atoms with van der Waals surface area (Å²) in [6, 6.07) is 12.4. The fraction of sp³-hybridized carbons (Fsp3) is 0.273. The molecule has 4 rings (SSSR count). The molecule has 0 saturated carbocycles. The number of methoxy groups -OCH3 is 1. The Morgan fingerprint density at radius 2 is 2.00 bits per heavy atom. The van der Waals surface area contributed by atoms with Gasteiger partial charge in [-0.3, -0.25) is 14.4 Å². The van der Waals surface area contributed by atoms with Gasteiger partial charge in [-0.1, -0.05) is 12.1 Å². The molecule has 0 aliphatic carbocycles. The molecule has 1 aromatic heterocycles. The maximum Gasteiger partial charge on any atom is 0.258 e. The Hall–Kier alpha value is -3.52. The monoisotopic (exact) mass is 406 g/mol. The van der Waals surface area contributed by atoms with E-state index in [9.17, 15) is 14.4 Å². The van der Waals surface area contributed by atoms with E-state index in [1.807, 2.05) is 12.1 Å². The molecule has 0 fully saturated rings. The third-order valence-corrected chi connectivity index (χ3v) is 5.10. The quantitative estimate of drug-likeness (QED) is 0.652. The van der Waals surface area contributed by atoms with E-state index in [0.29, 0.717) is 48.3 Å². The predicted molar refractivity (Wildman–Crippen MR) is 112 cm³/mol. The zero-order valence-corrected chi connectivity index (χ0v) is 16.6. The van der Waals surface area contributed by atoms with Crippen molar-refractivity contribution in [1.82, 2.24) is 14.9 Å². The first-order chi connectivity index (χ1) is 14.5. The molecule has 2 N–H and O–H groups in total. The Kier molecular flexibility index (Phi) is 5.58. The van der Waals surface area contributed by atoms with Crippen LogP contribution in [-0.2, 0) is 22.5 Å². The number of nitrogens with zero attached hydrogens (tertiary/aromatic N) is 2. The van der Waals surface area contributed by atoms with Gasteiger partial charge in [-0.2, -0.15) is 0 Å². The number of nitrogens with one attached hydrogen (secondary N) is 2. The van der Waals surface area contributed by atoms with Crippen molar-refractivity contribution in [2.24, 2.45) is 0 Å². The van der Waals surface area contributed by atoms with Gasteiger partial charge in [0.15, 0.2) is 0 Å². The molecule has 1 aliphatic heterocycles. The third kappa shape index (κ3) is 4.08. The van der Waals surface area contributed by atoms with Gasteiger partial charge >= 0.3 is 0 Å². The third-order valence-electron chi connectivity index (χ3n) is 5.10. The number of amides is 2. The Morgan fingerprint density at radius 1 is 1.17 bits per heavy atom. The molecule has 2 heterocycles. The molecule has 8 nitrogen and oxygen atoms in total. The van der Waals surface area contributed by atoms with E-state index >= 15 is 0 Å². The number of aromatic amines is 1. The predicted octanol–water partition coefficient (Wildman–Crippen LogP) is 2.10. The van der Waals surface area contributed by atoms with E-state index in [-0.39, 0.29) is 23.9 Å². The number of carbonyl (C=O) groups is 2. The largest absolute Gasteiger partial charge is 0.383 e. The van der Waals surface area contributed by atoms with E-state index in [1.54, 1.807) is 42.3 Å². The smallest absolute Gasteiger partial charge is 0.258 e. The maximum absolute atomic E-state index is 13.2. The number of rotatable bonds is 6. The second-order valence-electron chi connectivity index (χ2n) is 7.17. The van der Waals surface area contributed by atoms with Gasteiger partial charge < -0.3 is 19.9 Å². The van der Waals surface area contributed by atoms with Crippen LogP contribution in [0.25, 0.3) is 10.9 Å². The SMILES string of the molecule is COCCN(Cc1nc2ccccc2c(=O)[nH]1)C(=O)c1ccc2c(c1)CCC(=O)N2. The van der Waals surface area contributed by atoms with Crippen molar-refractivity contribution in [3.8, 4) is 0 Å². The second kappa shape index (κ2) is 8.46. The van der Waals surface area contributed by atoms with Crippen LogP contribution in [0, 0.1) is 0 Å². The number of benzene rings is 2. The van der Waals surface area contributed by atoms with Gasteiger partial charge in [0.05, 0.1) is 24.1 Å².